The van der Waals surface area contributed by atoms with Crippen LogP contribution in [0.2, 0.25) is 0 Å². The molecule has 6 nitrogen and oxygen atoms in total. The zero-order valence-electron chi connectivity index (χ0n) is 12.0. The van der Waals surface area contributed by atoms with Crippen LogP contribution < -0.4 is 15.2 Å². The molecule has 3 N–H and O–H groups in total. The van der Waals surface area contributed by atoms with Crippen LogP contribution in [0.3, 0.4) is 0 Å². The van der Waals surface area contributed by atoms with E-state index in [2.05, 4.69) is 4.72 Å². The van der Waals surface area contributed by atoms with Crippen molar-refractivity contribution in [2.24, 2.45) is 5.73 Å². The van der Waals surface area contributed by atoms with Crippen LogP contribution in [0, 0.1) is 0 Å². The lowest BCUT2D eigenvalue weighted by atomic mass is 10.2. The summed E-state index contributed by atoms with van der Waals surface area (Å²) >= 11 is 0. The molecule has 1 aromatic rings. The number of nitrogens with one attached hydrogen (secondary N) is 1. The molecular formula is C13H22N2O4S. The Balaban J connectivity index is 3.01. The summed E-state index contributed by atoms with van der Waals surface area (Å²) in [6.45, 7) is 2.55. The van der Waals surface area contributed by atoms with E-state index in [-0.39, 0.29) is 17.5 Å². The topological polar surface area (TPSA) is 90.7 Å². The van der Waals surface area contributed by atoms with Crippen LogP contribution in [0.4, 0.5) is 0 Å². The Morgan fingerprint density at radius 2 is 2.05 bits per heavy atom. The third-order valence-electron chi connectivity index (χ3n) is 2.86. The molecule has 0 aliphatic rings. The van der Waals surface area contributed by atoms with E-state index in [1.54, 1.807) is 26.2 Å². The molecule has 0 aliphatic carbocycles. The van der Waals surface area contributed by atoms with Gasteiger partial charge in [-0.3, -0.25) is 0 Å². The summed E-state index contributed by atoms with van der Waals surface area (Å²) in [5.41, 5.74) is 6.28. The summed E-state index contributed by atoms with van der Waals surface area (Å²) in [5, 5.41) is 0. The Kier molecular flexibility index (Phi) is 6.41. The Morgan fingerprint density at radius 1 is 1.35 bits per heavy atom. The van der Waals surface area contributed by atoms with Crippen molar-refractivity contribution in [3.05, 3.63) is 23.8 Å². The highest BCUT2D eigenvalue weighted by molar-refractivity contribution is 7.89. The van der Waals surface area contributed by atoms with Gasteiger partial charge in [0.2, 0.25) is 10.0 Å². The average molecular weight is 302 g/mol. The zero-order chi connectivity index (χ0) is 15.2. The van der Waals surface area contributed by atoms with Gasteiger partial charge in [-0.1, -0.05) is 6.07 Å². The third kappa shape index (κ3) is 4.45. The number of rotatable bonds is 8. The van der Waals surface area contributed by atoms with Crippen molar-refractivity contribution in [3.63, 3.8) is 0 Å². The maximum atomic E-state index is 12.4. The first-order chi connectivity index (χ1) is 9.44. The molecule has 20 heavy (non-hydrogen) atoms. The van der Waals surface area contributed by atoms with Crippen molar-refractivity contribution in [2.75, 3.05) is 20.8 Å². The fourth-order valence-corrected chi connectivity index (χ4v) is 3.24. The van der Waals surface area contributed by atoms with Gasteiger partial charge in [0.25, 0.3) is 0 Å². The molecule has 0 saturated heterocycles. The molecule has 0 saturated carbocycles. The monoisotopic (exact) mass is 302 g/mol. The smallest absolute Gasteiger partial charge is 0.244 e. The van der Waals surface area contributed by atoms with Gasteiger partial charge in [-0.05, 0) is 31.0 Å². The Bertz CT molecular complexity index is 531. The molecule has 0 aromatic heterocycles. The standard InChI is InChI=1S/C13H22N2O4S/c1-10(6-7-18-2)15-20(16,17)13-8-11(9-14)4-5-12(13)19-3/h4-5,8,10,15H,6-7,9,14H2,1-3H3. The van der Waals surface area contributed by atoms with Gasteiger partial charge in [-0.25, -0.2) is 13.1 Å². The molecule has 0 fully saturated rings. The molecule has 1 aromatic carbocycles. The largest absolute Gasteiger partial charge is 0.495 e. The molecule has 1 atom stereocenters. The molecular weight excluding hydrogens is 280 g/mol. The van der Waals surface area contributed by atoms with E-state index in [0.29, 0.717) is 18.8 Å². The molecule has 0 aliphatic heterocycles. The van der Waals surface area contributed by atoms with Gasteiger partial charge in [0.15, 0.2) is 0 Å². The maximum Gasteiger partial charge on any atom is 0.244 e. The number of hydrogen-bond donors (Lipinski definition) is 2. The highest BCUT2D eigenvalue weighted by Gasteiger charge is 2.22. The van der Waals surface area contributed by atoms with Gasteiger partial charge >= 0.3 is 0 Å². The summed E-state index contributed by atoms with van der Waals surface area (Å²) in [7, 11) is -0.638. The maximum absolute atomic E-state index is 12.4. The van der Waals surface area contributed by atoms with E-state index in [1.807, 2.05) is 0 Å². The summed E-state index contributed by atoms with van der Waals surface area (Å²) in [4.78, 5) is 0.104. The molecule has 0 spiro atoms. The quantitative estimate of drug-likeness (QED) is 0.743. The van der Waals surface area contributed by atoms with Crippen molar-refractivity contribution in [3.8, 4) is 5.75 Å². The summed E-state index contributed by atoms with van der Waals surface area (Å²) in [5.74, 6) is 0.300. The van der Waals surface area contributed by atoms with Gasteiger partial charge in [0, 0.05) is 26.3 Å². The first-order valence-corrected chi connectivity index (χ1v) is 7.81. The summed E-state index contributed by atoms with van der Waals surface area (Å²) in [6.07, 6.45) is 0.592. The molecule has 1 unspecified atom stereocenters. The van der Waals surface area contributed by atoms with Gasteiger partial charge < -0.3 is 15.2 Å². The van der Waals surface area contributed by atoms with E-state index in [1.165, 1.54) is 13.2 Å². The minimum absolute atomic E-state index is 0.104. The predicted molar refractivity (Wildman–Crippen MR) is 77.2 cm³/mol. The minimum Gasteiger partial charge on any atom is -0.495 e. The number of nitrogens with two attached hydrogens (primary N) is 1. The third-order valence-corrected chi connectivity index (χ3v) is 4.48. The molecule has 1 rings (SSSR count). The summed E-state index contributed by atoms with van der Waals surface area (Å²) < 4.78 is 37.4. The van der Waals surface area contributed by atoms with Gasteiger partial charge in [0.05, 0.1) is 7.11 Å². The van der Waals surface area contributed by atoms with Crippen molar-refractivity contribution >= 4 is 10.0 Å². The lowest BCUT2D eigenvalue weighted by molar-refractivity contribution is 0.188. The van der Waals surface area contributed by atoms with E-state index < -0.39 is 10.0 Å². The Labute approximate surface area is 120 Å². The Morgan fingerprint density at radius 3 is 2.60 bits per heavy atom. The fraction of sp³-hybridized carbons (Fsp3) is 0.538. The number of methoxy groups -OCH3 is 2. The van der Waals surface area contributed by atoms with E-state index in [4.69, 9.17) is 15.2 Å². The van der Waals surface area contributed by atoms with Crippen LogP contribution in [0.25, 0.3) is 0 Å². The van der Waals surface area contributed by atoms with E-state index in [0.717, 1.165) is 5.56 Å². The molecule has 114 valence electrons. The number of ether oxygens (including phenoxy) is 2. The van der Waals surface area contributed by atoms with Crippen LogP contribution in [0.15, 0.2) is 23.1 Å². The molecule has 0 bridgehead atoms. The normalized spacial score (nSPS) is 13.2. The van der Waals surface area contributed by atoms with Crippen LogP contribution >= 0.6 is 0 Å². The van der Waals surface area contributed by atoms with E-state index in [9.17, 15) is 8.42 Å². The highest BCUT2D eigenvalue weighted by Crippen LogP contribution is 2.25. The molecule has 7 heteroatoms. The second-order valence-electron chi connectivity index (χ2n) is 4.49. The number of sulfonamides is 1. The van der Waals surface area contributed by atoms with Crippen molar-refractivity contribution in [1.82, 2.24) is 4.72 Å². The lowest BCUT2D eigenvalue weighted by Crippen LogP contribution is -2.33. The SMILES string of the molecule is COCCC(C)NS(=O)(=O)c1cc(CN)ccc1OC. The second kappa shape index (κ2) is 7.58. The van der Waals surface area contributed by atoms with Crippen molar-refractivity contribution in [1.29, 1.82) is 0 Å². The lowest BCUT2D eigenvalue weighted by Gasteiger charge is -2.16. The first-order valence-electron chi connectivity index (χ1n) is 6.32. The Hall–Kier alpha value is -1.15. The van der Waals surface area contributed by atoms with Crippen LogP contribution in [0.1, 0.15) is 18.9 Å². The van der Waals surface area contributed by atoms with Crippen LogP contribution in [-0.4, -0.2) is 35.3 Å². The summed E-state index contributed by atoms with van der Waals surface area (Å²) in [6, 6.07) is 4.65. The van der Waals surface area contributed by atoms with Crippen molar-refractivity contribution in [2.45, 2.75) is 30.8 Å². The number of benzene rings is 1. The van der Waals surface area contributed by atoms with E-state index >= 15 is 0 Å². The zero-order valence-corrected chi connectivity index (χ0v) is 12.9. The average Bonchev–Trinajstić information content (AvgIpc) is 2.43. The molecule has 0 radical (unpaired) electrons. The van der Waals surface area contributed by atoms with Gasteiger partial charge in [-0.15, -0.1) is 0 Å². The molecule has 0 amide bonds. The van der Waals surface area contributed by atoms with Crippen molar-refractivity contribution < 1.29 is 17.9 Å². The molecule has 0 heterocycles. The van der Waals surface area contributed by atoms with Crippen LogP contribution in [0.5, 0.6) is 5.75 Å². The van der Waals surface area contributed by atoms with Crippen LogP contribution in [-0.2, 0) is 21.3 Å². The first kappa shape index (κ1) is 16.9. The van der Waals surface area contributed by atoms with Gasteiger partial charge in [0.1, 0.15) is 10.6 Å². The highest BCUT2D eigenvalue weighted by atomic mass is 32.2. The second-order valence-corrected chi connectivity index (χ2v) is 6.18. The predicted octanol–water partition coefficient (Wildman–Crippen LogP) is 0.857. The number of hydrogen-bond acceptors (Lipinski definition) is 5. The fourth-order valence-electron chi connectivity index (χ4n) is 1.74. The van der Waals surface area contributed by atoms with Gasteiger partial charge in [-0.2, -0.15) is 0 Å². The minimum atomic E-state index is -3.65.